The van der Waals surface area contributed by atoms with E-state index in [1.165, 1.54) is 19.3 Å². The molecule has 0 heterocycles. The molecule has 1 aliphatic carbocycles. The summed E-state index contributed by atoms with van der Waals surface area (Å²) in [5.74, 6) is 0.192. The van der Waals surface area contributed by atoms with E-state index in [2.05, 4.69) is 0 Å². The minimum Gasteiger partial charge on any atom is -0.340 e. The van der Waals surface area contributed by atoms with Crippen LogP contribution in [0.3, 0.4) is 0 Å². The predicted octanol–water partition coefficient (Wildman–Crippen LogP) is 3.83. The molecular weight excluding hydrogens is 262 g/mol. The number of Topliss-reactive ketones (excluding diaryl/α,β-unsaturated/α-hetero) is 1. The number of carbonyl (C=O) groups excluding carboxylic acids is 2. The Bertz CT molecular complexity index is 463. The smallest absolute Gasteiger partial charge is 0.223 e. The van der Waals surface area contributed by atoms with Crippen LogP contribution in [0.5, 0.6) is 0 Å². The van der Waals surface area contributed by atoms with Crippen molar-refractivity contribution in [1.82, 2.24) is 4.90 Å². The van der Waals surface area contributed by atoms with Gasteiger partial charge in [0.1, 0.15) is 0 Å². The first kappa shape index (κ1) is 15.7. The van der Waals surface area contributed by atoms with Crippen molar-refractivity contribution in [2.45, 2.75) is 57.9 Å². The molecule has 1 fully saturated rings. The maximum Gasteiger partial charge on any atom is 0.223 e. The zero-order valence-electron chi connectivity index (χ0n) is 12.9. The highest BCUT2D eigenvalue weighted by Crippen LogP contribution is 2.23. The number of carbonyl (C=O) groups is 2. The molecule has 0 N–H and O–H groups in total. The first-order chi connectivity index (χ1) is 10.2. The lowest BCUT2D eigenvalue weighted by Gasteiger charge is -2.33. The van der Waals surface area contributed by atoms with Crippen LogP contribution in [0.1, 0.15) is 62.2 Å². The fraction of sp³-hybridized carbons (Fsp3) is 0.556. The number of benzene rings is 1. The molecule has 0 unspecified atom stereocenters. The number of amides is 1. The quantitative estimate of drug-likeness (QED) is 0.746. The summed E-state index contributed by atoms with van der Waals surface area (Å²) in [7, 11) is 0. The van der Waals surface area contributed by atoms with Gasteiger partial charge in [-0.25, -0.2) is 0 Å². The van der Waals surface area contributed by atoms with Gasteiger partial charge in [-0.15, -0.1) is 0 Å². The molecule has 2 rings (SSSR count). The normalized spacial score (nSPS) is 15.7. The van der Waals surface area contributed by atoms with E-state index in [9.17, 15) is 9.59 Å². The Morgan fingerprint density at radius 3 is 2.33 bits per heavy atom. The molecule has 0 bridgehead atoms. The van der Waals surface area contributed by atoms with Crippen LogP contribution in [0, 0.1) is 0 Å². The SMILES string of the molecule is CCN(C(=O)CCC(=O)c1ccccc1)C1CCCCC1. The van der Waals surface area contributed by atoms with Crippen LogP contribution >= 0.6 is 0 Å². The Balaban J connectivity index is 1.86. The predicted molar refractivity (Wildman–Crippen MR) is 84.3 cm³/mol. The molecule has 1 aliphatic rings. The van der Waals surface area contributed by atoms with Crippen molar-refractivity contribution < 1.29 is 9.59 Å². The molecule has 114 valence electrons. The van der Waals surface area contributed by atoms with Gasteiger partial charge in [0, 0.05) is 31.0 Å². The van der Waals surface area contributed by atoms with Crippen molar-refractivity contribution in [3.8, 4) is 0 Å². The first-order valence-electron chi connectivity index (χ1n) is 8.10. The molecule has 0 atom stereocenters. The van der Waals surface area contributed by atoms with E-state index in [1.54, 1.807) is 0 Å². The lowest BCUT2D eigenvalue weighted by molar-refractivity contribution is -0.133. The van der Waals surface area contributed by atoms with E-state index in [0.29, 0.717) is 24.4 Å². The third-order valence-corrected chi connectivity index (χ3v) is 4.34. The lowest BCUT2D eigenvalue weighted by Crippen LogP contribution is -2.41. The van der Waals surface area contributed by atoms with Crippen molar-refractivity contribution in [2.24, 2.45) is 0 Å². The van der Waals surface area contributed by atoms with Gasteiger partial charge in [-0.1, -0.05) is 49.6 Å². The van der Waals surface area contributed by atoms with Gasteiger partial charge in [0.15, 0.2) is 5.78 Å². The summed E-state index contributed by atoms with van der Waals surface area (Å²) in [6.45, 7) is 2.79. The van der Waals surface area contributed by atoms with Crippen LogP contribution in [0.2, 0.25) is 0 Å². The van der Waals surface area contributed by atoms with Crippen LogP contribution < -0.4 is 0 Å². The van der Waals surface area contributed by atoms with Crippen LogP contribution in [0.4, 0.5) is 0 Å². The second-order valence-corrected chi connectivity index (χ2v) is 5.76. The molecular formula is C18H25NO2. The molecule has 1 amide bonds. The number of hydrogen-bond acceptors (Lipinski definition) is 2. The van der Waals surface area contributed by atoms with E-state index >= 15 is 0 Å². The molecule has 21 heavy (non-hydrogen) atoms. The Labute approximate surface area is 127 Å². The molecule has 0 radical (unpaired) electrons. The third-order valence-electron chi connectivity index (χ3n) is 4.34. The number of ketones is 1. The Kier molecular flexibility index (Phi) is 5.97. The summed E-state index contributed by atoms with van der Waals surface area (Å²) in [6, 6.07) is 9.62. The van der Waals surface area contributed by atoms with Crippen LogP contribution in [-0.2, 0) is 4.79 Å². The molecule has 0 aliphatic heterocycles. The minimum atomic E-state index is 0.0589. The van der Waals surface area contributed by atoms with Gasteiger partial charge in [-0.3, -0.25) is 9.59 Å². The highest BCUT2D eigenvalue weighted by Gasteiger charge is 2.24. The summed E-state index contributed by atoms with van der Waals surface area (Å²) >= 11 is 0. The van der Waals surface area contributed by atoms with E-state index in [-0.39, 0.29) is 11.7 Å². The lowest BCUT2D eigenvalue weighted by atomic mass is 9.93. The molecule has 3 heteroatoms. The van der Waals surface area contributed by atoms with E-state index in [0.717, 1.165) is 19.4 Å². The molecule has 1 aromatic rings. The van der Waals surface area contributed by atoms with E-state index < -0.39 is 0 Å². The maximum absolute atomic E-state index is 12.4. The average molecular weight is 287 g/mol. The third kappa shape index (κ3) is 4.42. The van der Waals surface area contributed by atoms with Gasteiger partial charge in [0.05, 0.1) is 0 Å². The molecule has 0 spiro atoms. The summed E-state index contributed by atoms with van der Waals surface area (Å²) in [4.78, 5) is 26.4. The summed E-state index contributed by atoms with van der Waals surface area (Å²) in [5, 5.41) is 0. The molecule has 3 nitrogen and oxygen atoms in total. The van der Waals surface area contributed by atoms with E-state index in [1.807, 2.05) is 42.2 Å². The number of nitrogens with zero attached hydrogens (tertiary/aromatic N) is 1. The van der Waals surface area contributed by atoms with Crippen LogP contribution in [-0.4, -0.2) is 29.2 Å². The Morgan fingerprint density at radius 2 is 1.71 bits per heavy atom. The second-order valence-electron chi connectivity index (χ2n) is 5.76. The van der Waals surface area contributed by atoms with E-state index in [4.69, 9.17) is 0 Å². The van der Waals surface area contributed by atoms with Gasteiger partial charge >= 0.3 is 0 Å². The minimum absolute atomic E-state index is 0.0589. The van der Waals surface area contributed by atoms with Crippen molar-refractivity contribution in [3.63, 3.8) is 0 Å². The average Bonchev–Trinajstić information content (AvgIpc) is 2.55. The first-order valence-corrected chi connectivity index (χ1v) is 8.10. The summed E-state index contributed by atoms with van der Waals surface area (Å²) < 4.78 is 0. The summed E-state index contributed by atoms with van der Waals surface area (Å²) in [6.07, 6.45) is 6.60. The fourth-order valence-electron chi connectivity index (χ4n) is 3.16. The van der Waals surface area contributed by atoms with Crippen molar-refractivity contribution in [1.29, 1.82) is 0 Å². The largest absolute Gasteiger partial charge is 0.340 e. The summed E-state index contributed by atoms with van der Waals surface area (Å²) in [5.41, 5.74) is 0.700. The second kappa shape index (κ2) is 7.96. The molecule has 0 saturated heterocycles. The maximum atomic E-state index is 12.4. The van der Waals surface area contributed by atoms with Crippen molar-refractivity contribution >= 4 is 11.7 Å². The zero-order chi connectivity index (χ0) is 15.1. The standard InChI is InChI=1S/C18H25NO2/c1-2-19(16-11-7-4-8-12-16)18(21)14-13-17(20)15-9-5-3-6-10-15/h3,5-6,9-10,16H,2,4,7-8,11-14H2,1H3. The van der Waals surface area contributed by atoms with Gasteiger partial charge in [-0.2, -0.15) is 0 Å². The Morgan fingerprint density at radius 1 is 1.05 bits per heavy atom. The number of hydrogen-bond donors (Lipinski definition) is 0. The monoisotopic (exact) mass is 287 g/mol. The number of rotatable bonds is 6. The molecule has 1 saturated carbocycles. The van der Waals surface area contributed by atoms with Crippen molar-refractivity contribution in [2.75, 3.05) is 6.54 Å². The highest BCUT2D eigenvalue weighted by molar-refractivity contribution is 5.97. The van der Waals surface area contributed by atoms with Gasteiger partial charge < -0.3 is 4.90 Å². The van der Waals surface area contributed by atoms with Gasteiger partial charge in [0.25, 0.3) is 0 Å². The fourth-order valence-corrected chi connectivity index (χ4v) is 3.16. The van der Waals surface area contributed by atoms with Crippen LogP contribution in [0.15, 0.2) is 30.3 Å². The molecule has 1 aromatic carbocycles. The highest BCUT2D eigenvalue weighted by atomic mass is 16.2. The molecule has 0 aromatic heterocycles. The van der Waals surface area contributed by atoms with Crippen molar-refractivity contribution in [3.05, 3.63) is 35.9 Å². The Hall–Kier alpha value is -1.64. The van der Waals surface area contributed by atoms with Gasteiger partial charge in [0.2, 0.25) is 5.91 Å². The van der Waals surface area contributed by atoms with Crippen LogP contribution in [0.25, 0.3) is 0 Å². The topological polar surface area (TPSA) is 37.4 Å². The zero-order valence-corrected chi connectivity index (χ0v) is 12.9. The van der Waals surface area contributed by atoms with Gasteiger partial charge in [-0.05, 0) is 19.8 Å².